The van der Waals surface area contributed by atoms with Crippen molar-refractivity contribution in [2.24, 2.45) is 0 Å². The number of aromatic nitrogens is 1. The molecule has 2 atom stereocenters. The first-order chi connectivity index (χ1) is 8.27. The van der Waals surface area contributed by atoms with Gasteiger partial charge in [-0.05, 0) is 0 Å². The number of morpholine rings is 1. The summed E-state index contributed by atoms with van der Waals surface area (Å²) >= 11 is 1.62. The fraction of sp³-hybridized carbons (Fsp3) is 0.636. The third-order valence-electron chi connectivity index (χ3n) is 2.69. The minimum atomic E-state index is -0.216. The number of carbonyl (C=O) groups excluding carboxylic acids is 1. The zero-order chi connectivity index (χ0) is 12.1. The fourth-order valence-electron chi connectivity index (χ4n) is 1.68. The molecule has 1 saturated heterocycles. The molecule has 0 aliphatic carbocycles. The smallest absolute Gasteiger partial charge is 0.239 e. The van der Waals surface area contributed by atoms with E-state index in [9.17, 15) is 4.79 Å². The van der Waals surface area contributed by atoms with Gasteiger partial charge < -0.3 is 15.4 Å². The Balaban J connectivity index is 0.00000162. The van der Waals surface area contributed by atoms with Gasteiger partial charge >= 0.3 is 0 Å². The topological polar surface area (TPSA) is 63.2 Å². The number of halogens is 1. The second-order valence-electron chi connectivity index (χ2n) is 4.10. The van der Waals surface area contributed by atoms with Gasteiger partial charge in [0.15, 0.2) is 0 Å². The van der Waals surface area contributed by atoms with Crippen LogP contribution in [0.4, 0.5) is 0 Å². The molecule has 2 unspecified atom stereocenters. The van der Waals surface area contributed by atoms with Crippen LogP contribution in [0.1, 0.15) is 17.8 Å². The fourth-order valence-corrected chi connectivity index (χ4v) is 2.37. The Morgan fingerprint density at radius 3 is 3.22 bits per heavy atom. The van der Waals surface area contributed by atoms with Crippen LogP contribution in [0.2, 0.25) is 0 Å². The van der Waals surface area contributed by atoms with Crippen LogP contribution in [0.15, 0.2) is 11.6 Å². The highest BCUT2D eigenvalue weighted by atomic mass is 35.5. The van der Waals surface area contributed by atoms with Crippen molar-refractivity contribution in [2.75, 3.05) is 26.3 Å². The van der Waals surface area contributed by atoms with Crippen molar-refractivity contribution in [1.29, 1.82) is 0 Å². The number of carbonyl (C=O) groups is 1. The van der Waals surface area contributed by atoms with E-state index in [0.717, 1.165) is 11.6 Å². The first-order valence-corrected chi connectivity index (χ1v) is 6.63. The Kier molecular flexibility index (Phi) is 6.56. The minimum absolute atomic E-state index is 0. The van der Waals surface area contributed by atoms with Crippen molar-refractivity contribution in [2.45, 2.75) is 18.9 Å². The van der Waals surface area contributed by atoms with Crippen molar-refractivity contribution in [1.82, 2.24) is 15.6 Å². The van der Waals surface area contributed by atoms with Gasteiger partial charge in [0.05, 0.1) is 18.2 Å². The zero-order valence-electron chi connectivity index (χ0n) is 10.2. The third kappa shape index (κ3) is 4.20. The molecule has 0 saturated carbocycles. The minimum Gasteiger partial charge on any atom is -0.378 e. The highest BCUT2D eigenvalue weighted by molar-refractivity contribution is 7.09. The number of amides is 1. The maximum atomic E-state index is 11.8. The van der Waals surface area contributed by atoms with Crippen molar-refractivity contribution in [3.05, 3.63) is 16.6 Å². The lowest BCUT2D eigenvalue weighted by Crippen LogP contribution is -2.51. The molecular weight excluding hydrogens is 274 g/mol. The molecule has 1 aliphatic heterocycles. The molecular formula is C11H18ClN3O2S. The molecule has 1 aromatic rings. The first-order valence-electron chi connectivity index (χ1n) is 5.75. The second-order valence-corrected chi connectivity index (χ2v) is 5.02. The Hall–Kier alpha value is -0.690. The van der Waals surface area contributed by atoms with Gasteiger partial charge in [-0.3, -0.25) is 4.79 Å². The van der Waals surface area contributed by atoms with E-state index in [1.807, 2.05) is 5.38 Å². The molecule has 0 aromatic carbocycles. The van der Waals surface area contributed by atoms with Crippen molar-refractivity contribution < 1.29 is 9.53 Å². The predicted molar refractivity (Wildman–Crippen MR) is 73.4 cm³/mol. The van der Waals surface area contributed by atoms with Crippen LogP contribution in [-0.4, -0.2) is 43.2 Å². The van der Waals surface area contributed by atoms with Crippen molar-refractivity contribution >= 4 is 29.7 Å². The zero-order valence-corrected chi connectivity index (χ0v) is 11.9. The molecule has 0 spiro atoms. The van der Waals surface area contributed by atoms with Gasteiger partial charge in [0.25, 0.3) is 0 Å². The van der Waals surface area contributed by atoms with E-state index in [1.165, 1.54) is 0 Å². The van der Waals surface area contributed by atoms with Crippen LogP contribution in [0, 0.1) is 0 Å². The molecule has 0 bridgehead atoms. The van der Waals surface area contributed by atoms with E-state index in [0.29, 0.717) is 19.8 Å². The van der Waals surface area contributed by atoms with Crippen molar-refractivity contribution in [3.63, 3.8) is 0 Å². The molecule has 1 aliphatic rings. The maximum absolute atomic E-state index is 11.8. The largest absolute Gasteiger partial charge is 0.378 e. The molecule has 1 fully saturated rings. The Labute approximate surface area is 117 Å². The number of rotatable bonds is 4. The Morgan fingerprint density at radius 1 is 1.78 bits per heavy atom. The normalized spacial score (nSPS) is 20.8. The number of nitrogens with one attached hydrogen (secondary N) is 2. The van der Waals surface area contributed by atoms with Gasteiger partial charge in [0, 0.05) is 30.6 Å². The highest BCUT2D eigenvalue weighted by Gasteiger charge is 2.21. The standard InChI is InChI=1S/C11H17N3O2S.ClH/c1-8(11-13-3-5-17-11)6-14-10(15)9-7-16-4-2-12-9;/h3,5,8-9,12H,2,4,6-7H2,1H3,(H,14,15);1H. The van der Waals surface area contributed by atoms with E-state index < -0.39 is 0 Å². The summed E-state index contributed by atoms with van der Waals surface area (Å²) in [6, 6.07) is -0.216. The number of hydrogen-bond acceptors (Lipinski definition) is 5. The first kappa shape index (κ1) is 15.4. The number of hydrogen-bond donors (Lipinski definition) is 2. The van der Waals surface area contributed by atoms with E-state index >= 15 is 0 Å². The SMILES string of the molecule is CC(CNC(=O)C1COCCN1)c1nccs1.Cl. The van der Waals surface area contributed by atoms with Crippen LogP contribution < -0.4 is 10.6 Å². The van der Waals surface area contributed by atoms with E-state index in [-0.39, 0.29) is 30.3 Å². The predicted octanol–water partition coefficient (Wildman–Crippen LogP) is 0.773. The van der Waals surface area contributed by atoms with Gasteiger partial charge in [-0.2, -0.15) is 0 Å². The summed E-state index contributed by atoms with van der Waals surface area (Å²) in [4.78, 5) is 16.0. The van der Waals surface area contributed by atoms with Gasteiger partial charge in [0.2, 0.25) is 5.91 Å². The number of nitrogens with zero attached hydrogens (tertiary/aromatic N) is 1. The second kappa shape index (κ2) is 7.68. The molecule has 7 heteroatoms. The third-order valence-corrected chi connectivity index (χ3v) is 3.70. The van der Waals surface area contributed by atoms with Crippen LogP contribution in [0.5, 0.6) is 0 Å². The molecule has 2 N–H and O–H groups in total. The molecule has 2 rings (SSSR count). The van der Waals surface area contributed by atoms with Crippen molar-refractivity contribution in [3.8, 4) is 0 Å². The average Bonchev–Trinajstić information content (AvgIpc) is 2.90. The lowest BCUT2D eigenvalue weighted by atomic mass is 10.2. The van der Waals surface area contributed by atoms with Crippen LogP contribution in [-0.2, 0) is 9.53 Å². The molecule has 102 valence electrons. The molecule has 1 amide bonds. The summed E-state index contributed by atoms with van der Waals surface area (Å²) in [6.07, 6.45) is 1.79. The Morgan fingerprint density at radius 2 is 2.61 bits per heavy atom. The quantitative estimate of drug-likeness (QED) is 0.860. The van der Waals surface area contributed by atoms with E-state index in [4.69, 9.17) is 4.74 Å². The molecule has 1 aromatic heterocycles. The summed E-state index contributed by atoms with van der Waals surface area (Å²) < 4.78 is 5.25. The van der Waals surface area contributed by atoms with Crippen LogP contribution >= 0.6 is 23.7 Å². The monoisotopic (exact) mass is 291 g/mol. The summed E-state index contributed by atoms with van der Waals surface area (Å²) in [5.41, 5.74) is 0. The summed E-state index contributed by atoms with van der Waals surface area (Å²) in [5, 5.41) is 9.06. The number of thiazole rings is 1. The molecule has 18 heavy (non-hydrogen) atoms. The summed E-state index contributed by atoms with van der Waals surface area (Å²) in [7, 11) is 0. The average molecular weight is 292 g/mol. The molecule has 5 nitrogen and oxygen atoms in total. The summed E-state index contributed by atoms with van der Waals surface area (Å²) in [5.74, 6) is 0.261. The van der Waals surface area contributed by atoms with E-state index in [1.54, 1.807) is 17.5 Å². The van der Waals surface area contributed by atoms with Crippen LogP contribution in [0.3, 0.4) is 0 Å². The van der Waals surface area contributed by atoms with E-state index in [2.05, 4.69) is 22.5 Å². The molecule has 0 radical (unpaired) electrons. The van der Waals surface area contributed by atoms with Crippen LogP contribution in [0.25, 0.3) is 0 Å². The molecule has 2 heterocycles. The maximum Gasteiger partial charge on any atom is 0.239 e. The van der Waals surface area contributed by atoms with Gasteiger partial charge in [-0.25, -0.2) is 4.98 Å². The van der Waals surface area contributed by atoms with Gasteiger partial charge in [-0.1, -0.05) is 6.92 Å². The lowest BCUT2D eigenvalue weighted by molar-refractivity contribution is -0.125. The number of ether oxygens (including phenoxy) is 1. The van der Waals surface area contributed by atoms with Gasteiger partial charge in [-0.15, -0.1) is 23.7 Å². The van der Waals surface area contributed by atoms with Gasteiger partial charge in [0.1, 0.15) is 6.04 Å². The lowest BCUT2D eigenvalue weighted by Gasteiger charge is -2.23. The highest BCUT2D eigenvalue weighted by Crippen LogP contribution is 2.16. The Bertz CT molecular complexity index is 355. The summed E-state index contributed by atoms with van der Waals surface area (Å²) in [6.45, 7) is 4.55.